The van der Waals surface area contributed by atoms with E-state index >= 15 is 0 Å². The molecule has 0 bridgehead atoms. The van der Waals surface area contributed by atoms with Crippen LogP contribution >= 0.6 is 0 Å². The topological polar surface area (TPSA) is 38.3 Å². The van der Waals surface area contributed by atoms with E-state index in [1.807, 2.05) is 43.4 Å². The molecular formula is C26H35NO2. The molecule has 2 fully saturated rings. The van der Waals surface area contributed by atoms with Crippen LogP contribution < -0.4 is 10.1 Å². The fourth-order valence-corrected chi connectivity index (χ4v) is 4.48. The molecule has 0 radical (unpaired) electrons. The number of carbonyl (C=O) groups excluding carboxylic acids is 1. The lowest BCUT2D eigenvalue weighted by Crippen LogP contribution is -2.22. The zero-order valence-electron chi connectivity index (χ0n) is 17.8. The van der Waals surface area contributed by atoms with Crippen molar-refractivity contribution in [1.29, 1.82) is 0 Å². The van der Waals surface area contributed by atoms with E-state index in [1.54, 1.807) is 0 Å². The first-order valence-corrected chi connectivity index (χ1v) is 11.3. The van der Waals surface area contributed by atoms with Gasteiger partial charge in [-0.25, -0.2) is 0 Å². The molecule has 0 saturated heterocycles. The quantitative estimate of drug-likeness (QED) is 0.341. The molecule has 1 N–H and O–H groups in total. The second-order valence-electron chi connectivity index (χ2n) is 8.30. The third-order valence-corrected chi connectivity index (χ3v) is 6.29. The largest absolute Gasteiger partial charge is 0.426 e. The summed E-state index contributed by atoms with van der Waals surface area (Å²) < 4.78 is 5.70. The van der Waals surface area contributed by atoms with Crippen LogP contribution in [0.25, 0.3) is 10.8 Å². The van der Waals surface area contributed by atoms with Crippen molar-refractivity contribution in [3.8, 4) is 5.75 Å². The summed E-state index contributed by atoms with van der Waals surface area (Å²) in [5, 5.41) is 5.23. The first-order chi connectivity index (χ1) is 14.2. The van der Waals surface area contributed by atoms with Crippen LogP contribution in [-0.2, 0) is 4.79 Å². The summed E-state index contributed by atoms with van der Waals surface area (Å²) >= 11 is 0. The highest BCUT2D eigenvalue weighted by Crippen LogP contribution is 2.33. The molecule has 0 spiro atoms. The predicted octanol–water partition coefficient (Wildman–Crippen LogP) is 7.12. The van der Waals surface area contributed by atoms with Crippen molar-refractivity contribution in [2.45, 2.75) is 64.2 Å². The smallest absolute Gasteiger partial charge is 0.314 e. The first kappa shape index (κ1) is 21.4. The minimum Gasteiger partial charge on any atom is -0.426 e. The fourth-order valence-electron chi connectivity index (χ4n) is 4.48. The maximum Gasteiger partial charge on any atom is 0.314 e. The van der Waals surface area contributed by atoms with Crippen molar-refractivity contribution >= 4 is 22.4 Å². The van der Waals surface area contributed by atoms with Gasteiger partial charge in [0.25, 0.3) is 0 Å². The SMILES string of the molecule is C=CC1CCCCC1.CNc1ccc(OC(=O)C2CCCCC2)c2ccccc12. The lowest BCUT2D eigenvalue weighted by atomic mass is 9.89. The summed E-state index contributed by atoms with van der Waals surface area (Å²) in [5.41, 5.74) is 1.04. The fraction of sp³-hybridized carbons (Fsp3) is 0.500. The third kappa shape index (κ3) is 5.85. The highest BCUT2D eigenvalue weighted by molar-refractivity contribution is 5.99. The number of benzene rings is 2. The molecule has 2 aliphatic carbocycles. The Kier molecular flexibility index (Phi) is 8.15. The van der Waals surface area contributed by atoms with Gasteiger partial charge in [0.05, 0.1) is 5.92 Å². The van der Waals surface area contributed by atoms with Crippen LogP contribution in [0.15, 0.2) is 49.1 Å². The van der Waals surface area contributed by atoms with E-state index in [9.17, 15) is 4.79 Å². The number of anilines is 1. The van der Waals surface area contributed by atoms with Gasteiger partial charge < -0.3 is 10.1 Å². The maximum atomic E-state index is 12.3. The van der Waals surface area contributed by atoms with E-state index in [-0.39, 0.29) is 11.9 Å². The van der Waals surface area contributed by atoms with Gasteiger partial charge in [-0.05, 0) is 43.7 Å². The molecule has 29 heavy (non-hydrogen) atoms. The van der Waals surface area contributed by atoms with Crippen molar-refractivity contribution in [1.82, 2.24) is 0 Å². The Bertz CT molecular complexity index is 801. The zero-order chi connectivity index (χ0) is 20.5. The number of nitrogens with one attached hydrogen (secondary N) is 1. The Morgan fingerprint density at radius 3 is 2.14 bits per heavy atom. The summed E-state index contributed by atoms with van der Waals surface area (Å²) in [4.78, 5) is 12.3. The van der Waals surface area contributed by atoms with Crippen molar-refractivity contribution in [2.75, 3.05) is 12.4 Å². The predicted molar refractivity (Wildman–Crippen MR) is 122 cm³/mol. The van der Waals surface area contributed by atoms with Gasteiger partial charge in [0.1, 0.15) is 5.75 Å². The molecule has 3 heteroatoms. The van der Waals surface area contributed by atoms with Gasteiger partial charge in [-0.15, -0.1) is 6.58 Å². The van der Waals surface area contributed by atoms with Gasteiger partial charge in [0, 0.05) is 23.5 Å². The Hall–Kier alpha value is -2.29. The number of rotatable bonds is 4. The monoisotopic (exact) mass is 393 g/mol. The van der Waals surface area contributed by atoms with Crippen LogP contribution in [0.1, 0.15) is 64.2 Å². The number of hydrogen-bond donors (Lipinski definition) is 1. The number of allylic oxidation sites excluding steroid dienone is 1. The van der Waals surface area contributed by atoms with Crippen LogP contribution in [0.2, 0.25) is 0 Å². The molecule has 0 aromatic heterocycles. The van der Waals surface area contributed by atoms with E-state index in [0.717, 1.165) is 48.1 Å². The molecule has 2 aromatic rings. The summed E-state index contributed by atoms with van der Waals surface area (Å²) in [6, 6.07) is 11.9. The number of carbonyl (C=O) groups is 1. The standard InChI is InChI=1S/C18H21NO2.C8H14/c1-19-16-11-12-17(15-10-6-5-9-14(15)16)21-18(20)13-7-3-2-4-8-13;1-2-8-6-4-3-5-7-8/h5-6,9-13,19H,2-4,7-8H2,1H3;2,8H,1,3-7H2. The molecule has 0 heterocycles. The number of hydrogen-bond acceptors (Lipinski definition) is 3. The molecule has 0 aliphatic heterocycles. The second-order valence-corrected chi connectivity index (χ2v) is 8.30. The van der Waals surface area contributed by atoms with E-state index < -0.39 is 0 Å². The second kappa shape index (κ2) is 11.0. The summed E-state index contributed by atoms with van der Waals surface area (Å²) in [5.74, 6) is 1.52. The average molecular weight is 394 g/mol. The van der Waals surface area contributed by atoms with Crippen molar-refractivity contribution < 1.29 is 9.53 Å². The van der Waals surface area contributed by atoms with E-state index in [1.165, 1.54) is 38.5 Å². The summed E-state index contributed by atoms with van der Waals surface area (Å²) in [7, 11) is 1.90. The lowest BCUT2D eigenvalue weighted by molar-refractivity contribution is -0.139. The Morgan fingerprint density at radius 1 is 0.931 bits per heavy atom. The average Bonchev–Trinajstić information content (AvgIpc) is 2.81. The molecule has 4 rings (SSSR count). The number of esters is 1. The van der Waals surface area contributed by atoms with Gasteiger partial charge in [-0.2, -0.15) is 0 Å². The first-order valence-electron chi connectivity index (χ1n) is 11.3. The van der Waals surface area contributed by atoms with Crippen LogP contribution in [-0.4, -0.2) is 13.0 Å². The van der Waals surface area contributed by atoms with Gasteiger partial charge >= 0.3 is 5.97 Å². The summed E-state index contributed by atoms with van der Waals surface area (Å²) in [6.45, 7) is 3.78. The van der Waals surface area contributed by atoms with Gasteiger partial charge in [0.2, 0.25) is 0 Å². The number of fused-ring (bicyclic) bond motifs is 1. The molecule has 2 aromatic carbocycles. The molecule has 0 amide bonds. The molecule has 2 aliphatic rings. The molecule has 3 nitrogen and oxygen atoms in total. The maximum absolute atomic E-state index is 12.3. The third-order valence-electron chi connectivity index (χ3n) is 6.29. The van der Waals surface area contributed by atoms with Gasteiger partial charge in [-0.3, -0.25) is 4.79 Å². The Labute approximate surface area is 175 Å². The molecule has 0 atom stereocenters. The van der Waals surface area contributed by atoms with E-state index in [2.05, 4.69) is 18.0 Å². The number of ether oxygens (including phenoxy) is 1. The molecular weight excluding hydrogens is 358 g/mol. The highest BCUT2D eigenvalue weighted by Gasteiger charge is 2.23. The molecule has 0 unspecified atom stereocenters. The Balaban J connectivity index is 0.000000252. The van der Waals surface area contributed by atoms with Crippen LogP contribution in [0.4, 0.5) is 5.69 Å². The molecule has 156 valence electrons. The van der Waals surface area contributed by atoms with Crippen LogP contribution in [0, 0.1) is 11.8 Å². The van der Waals surface area contributed by atoms with Crippen molar-refractivity contribution in [2.24, 2.45) is 11.8 Å². The van der Waals surface area contributed by atoms with Gasteiger partial charge in [-0.1, -0.05) is 68.9 Å². The van der Waals surface area contributed by atoms with E-state index in [4.69, 9.17) is 4.74 Å². The summed E-state index contributed by atoms with van der Waals surface area (Å²) in [6.07, 6.45) is 14.6. The minimum atomic E-state index is -0.0722. The van der Waals surface area contributed by atoms with E-state index in [0.29, 0.717) is 5.75 Å². The van der Waals surface area contributed by atoms with Crippen molar-refractivity contribution in [3.63, 3.8) is 0 Å². The van der Waals surface area contributed by atoms with Crippen molar-refractivity contribution in [3.05, 3.63) is 49.1 Å². The normalized spacial score (nSPS) is 17.8. The highest BCUT2D eigenvalue weighted by atomic mass is 16.5. The Morgan fingerprint density at radius 2 is 1.55 bits per heavy atom. The zero-order valence-corrected chi connectivity index (χ0v) is 17.8. The van der Waals surface area contributed by atoms with Gasteiger partial charge in [0.15, 0.2) is 0 Å². The molecule has 2 saturated carbocycles. The minimum absolute atomic E-state index is 0.0708. The van der Waals surface area contributed by atoms with Crippen LogP contribution in [0.5, 0.6) is 5.75 Å². The van der Waals surface area contributed by atoms with Crippen LogP contribution in [0.3, 0.4) is 0 Å². The lowest BCUT2D eigenvalue weighted by Gasteiger charge is -2.20.